The molecule has 26 heavy (non-hydrogen) atoms. The van der Waals surface area contributed by atoms with Crippen molar-refractivity contribution in [2.45, 2.75) is 27.3 Å². The maximum absolute atomic E-state index is 12.9. The number of carbonyl (C=O) groups excluding carboxylic acids is 1. The highest BCUT2D eigenvalue weighted by Crippen LogP contribution is 2.35. The van der Waals surface area contributed by atoms with Gasteiger partial charge < -0.3 is 4.90 Å². The minimum Gasteiger partial charge on any atom is -0.318 e. The molecule has 0 aliphatic carbocycles. The number of nitrogens with one attached hydrogen (secondary N) is 1. The van der Waals surface area contributed by atoms with Crippen LogP contribution in [0.2, 0.25) is 0 Å². The lowest BCUT2D eigenvalue weighted by Crippen LogP contribution is -2.31. The Balaban J connectivity index is 1.53. The second-order valence-electron chi connectivity index (χ2n) is 6.69. The average molecular weight is 367 g/mol. The lowest BCUT2D eigenvalue weighted by molar-refractivity contribution is 0.218. The molecule has 0 radical (unpaired) electrons. The molecule has 1 fully saturated rings. The van der Waals surface area contributed by atoms with E-state index in [9.17, 15) is 4.79 Å². The minimum atomic E-state index is 0.0185. The summed E-state index contributed by atoms with van der Waals surface area (Å²) in [7, 11) is 0. The van der Waals surface area contributed by atoms with Crippen LogP contribution in [-0.2, 0) is 6.54 Å². The highest BCUT2D eigenvalue weighted by Gasteiger charge is 2.32. The van der Waals surface area contributed by atoms with E-state index < -0.39 is 0 Å². The first-order chi connectivity index (χ1) is 12.5. The van der Waals surface area contributed by atoms with E-state index in [0.717, 1.165) is 32.7 Å². The Morgan fingerprint density at radius 1 is 1.19 bits per heavy atom. The summed E-state index contributed by atoms with van der Waals surface area (Å²) in [5, 5.41) is 8.02. The van der Waals surface area contributed by atoms with E-state index in [4.69, 9.17) is 0 Å². The second-order valence-corrected chi connectivity index (χ2v) is 7.67. The first-order valence-electron chi connectivity index (χ1n) is 8.63. The fraction of sp³-hybridized carbons (Fsp3) is 0.316. The molecule has 4 rings (SSSR count). The van der Waals surface area contributed by atoms with Gasteiger partial charge in [-0.05, 0) is 32.4 Å². The Bertz CT molecular complexity index is 961. The van der Waals surface area contributed by atoms with Crippen LogP contribution in [-0.4, -0.2) is 39.2 Å². The monoisotopic (exact) mass is 367 g/mol. The van der Waals surface area contributed by atoms with Crippen LogP contribution < -0.4 is 4.90 Å². The van der Waals surface area contributed by atoms with E-state index in [1.54, 1.807) is 4.90 Å². The number of rotatable bonds is 4. The van der Waals surface area contributed by atoms with E-state index in [0.29, 0.717) is 19.6 Å². The summed E-state index contributed by atoms with van der Waals surface area (Å²) in [4.78, 5) is 22.1. The highest BCUT2D eigenvalue weighted by molar-refractivity contribution is 7.19. The summed E-state index contributed by atoms with van der Waals surface area (Å²) in [6.45, 7) is 8.01. The van der Waals surface area contributed by atoms with Gasteiger partial charge >= 0.3 is 6.03 Å². The Hall–Kier alpha value is -2.67. The molecule has 2 aromatic heterocycles. The van der Waals surface area contributed by atoms with Gasteiger partial charge in [-0.1, -0.05) is 41.2 Å². The van der Waals surface area contributed by atoms with Gasteiger partial charge in [0.05, 0.1) is 10.6 Å². The number of urea groups is 1. The predicted octanol–water partition coefficient (Wildman–Crippen LogP) is 3.90. The first-order valence-corrected chi connectivity index (χ1v) is 9.45. The van der Waals surface area contributed by atoms with Crippen LogP contribution in [0.15, 0.2) is 30.3 Å². The van der Waals surface area contributed by atoms with Gasteiger partial charge in [-0.25, -0.2) is 9.78 Å². The third kappa shape index (κ3) is 3.10. The number of amides is 2. The van der Waals surface area contributed by atoms with Crippen molar-refractivity contribution in [3.8, 4) is 10.6 Å². The number of anilines is 1. The number of aromatic nitrogens is 3. The van der Waals surface area contributed by atoms with Gasteiger partial charge in [-0.3, -0.25) is 10.00 Å². The van der Waals surface area contributed by atoms with Crippen molar-refractivity contribution in [3.63, 3.8) is 0 Å². The molecule has 1 aromatic carbocycles. The molecule has 0 atom stereocenters. The highest BCUT2D eigenvalue weighted by atomic mass is 32.1. The quantitative estimate of drug-likeness (QED) is 0.760. The molecule has 0 saturated carbocycles. The Morgan fingerprint density at radius 2 is 2.04 bits per heavy atom. The zero-order valence-corrected chi connectivity index (χ0v) is 15.9. The minimum absolute atomic E-state index is 0.0185. The van der Waals surface area contributed by atoms with Crippen LogP contribution >= 0.6 is 11.3 Å². The van der Waals surface area contributed by atoms with Crippen LogP contribution in [0.1, 0.15) is 22.5 Å². The molecule has 3 aromatic rings. The number of nitrogens with zero attached hydrogens (tertiary/aromatic N) is 4. The molecule has 1 aliphatic heterocycles. The molecule has 1 aliphatic rings. The van der Waals surface area contributed by atoms with E-state index in [1.165, 1.54) is 16.9 Å². The standard InChI is InChI=1S/C19H21N5OS/c1-12-5-4-6-15(9-12)11-23-7-8-24(19(23)25)18-20-14(3)17(26-18)16-10-13(2)21-22-16/h4-6,9-10H,7-8,11H2,1-3H3,(H,21,22). The number of aryl methyl sites for hydroxylation is 3. The van der Waals surface area contributed by atoms with Crippen molar-refractivity contribution in [1.82, 2.24) is 20.1 Å². The van der Waals surface area contributed by atoms with Crippen LogP contribution in [0, 0.1) is 20.8 Å². The lowest BCUT2D eigenvalue weighted by Gasteiger charge is -2.17. The average Bonchev–Trinajstić information content (AvgIpc) is 3.28. The van der Waals surface area contributed by atoms with Gasteiger partial charge in [0.1, 0.15) is 5.69 Å². The van der Waals surface area contributed by atoms with Crippen molar-refractivity contribution in [2.24, 2.45) is 0 Å². The number of benzene rings is 1. The molecular formula is C19H21N5OS. The van der Waals surface area contributed by atoms with Crippen LogP contribution in [0.25, 0.3) is 10.6 Å². The number of carbonyl (C=O) groups is 1. The van der Waals surface area contributed by atoms with Gasteiger partial charge in [-0.15, -0.1) is 0 Å². The van der Waals surface area contributed by atoms with Gasteiger partial charge in [0.25, 0.3) is 0 Å². The SMILES string of the molecule is Cc1cccc(CN2CCN(c3nc(C)c(-c4cc(C)[nH]n4)s3)C2=O)c1. The van der Waals surface area contributed by atoms with E-state index in [2.05, 4.69) is 40.3 Å². The Morgan fingerprint density at radius 3 is 2.77 bits per heavy atom. The number of aromatic amines is 1. The number of hydrogen-bond donors (Lipinski definition) is 1. The maximum atomic E-state index is 12.9. The molecule has 2 amide bonds. The third-order valence-corrected chi connectivity index (χ3v) is 5.71. The van der Waals surface area contributed by atoms with Crippen molar-refractivity contribution in [2.75, 3.05) is 18.0 Å². The summed E-state index contributed by atoms with van der Waals surface area (Å²) in [5.41, 5.74) is 5.16. The van der Waals surface area contributed by atoms with E-state index in [-0.39, 0.29) is 6.03 Å². The smallest absolute Gasteiger partial charge is 0.318 e. The first kappa shape index (κ1) is 16.8. The van der Waals surface area contributed by atoms with Crippen LogP contribution in [0.5, 0.6) is 0 Å². The molecule has 1 saturated heterocycles. The summed E-state index contributed by atoms with van der Waals surface area (Å²) in [5.74, 6) is 0. The zero-order valence-electron chi connectivity index (χ0n) is 15.1. The van der Waals surface area contributed by atoms with Gasteiger partial charge in [-0.2, -0.15) is 5.10 Å². The summed E-state index contributed by atoms with van der Waals surface area (Å²) < 4.78 is 0. The normalized spacial score (nSPS) is 14.5. The lowest BCUT2D eigenvalue weighted by atomic mass is 10.1. The molecule has 0 bridgehead atoms. The van der Waals surface area contributed by atoms with Crippen LogP contribution in [0.3, 0.4) is 0 Å². The molecule has 0 unspecified atom stereocenters. The molecule has 6 nitrogen and oxygen atoms in total. The van der Waals surface area contributed by atoms with E-state index in [1.807, 2.05) is 30.9 Å². The molecule has 3 heterocycles. The molecule has 134 valence electrons. The second kappa shape index (κ2) is 6.57. The summed E-state index contributed by atoms with van der Waals surface area (Å²) >= 11 is 1.52. The third-order valence-electron chi connectivity index (χ3n) is 4.51. The molecule has 7 heteroatoms. The largest absolute Gasteiger partial charge is 0.326 e. The van der Waals surface area contributed by atoms with E-state index >= 15 is 0 Å². The fourth-order valence-corrected chi connectivity index (χ4v) is 4.25. The van der Waals surface area contributed by atoms with Crippen molar-refractivity contribution < 1.29 is 4.79 Å². The summed E-state index contributed by atoms with van der Waals surface area (Å²) in [6.07, 6.45) is 0. The fourth-order valence-electron chi connectivity index (χ4n) is 3.21. The summed E-state index contributed by atoms with van der Waals surface area (Å²) in [6, 6.07) is 10.3. The Labute approximate surface area is 156 Å². The molecule has 1 N–H and O–H groups in total. The zero-order chi connectivity index (χ0) is 18.3. The number of H-pyrrole nitrogens is 1. The number of thiazole rings is 1. The Kier molecular flexibility index (Phi) is 4.24. The topological polar surface area (TPSA) is 65.1 Å². The van der Waals surface area contributed by atoms with Crippen molar-refractivity contribution >= 4 is 22.5 Å². The predicted molar refractivity (Wildman–Crippen MR) is 104 cm³/mol. The number of hydrogen-bond acceptors (Lipinski definition) is 4. The van der Waals surface area contributed by atoms with Crippen LogP contribution in [0.4, 0.5) is 9.93 Å². The van der Waals surface area contributed by atoms with Gasteiger partial charge in [0.15, 0.2) is 5.13 Å². The maximum Gasteiger partial charge on any atom is 0.326 e. The molecule has 0 spiro atoms. The van der Waals surface area contributed by atoms with Crippen molar-refractivity contribution in [1.29, 1.82) is 0 Å². The van der Waals surface area contributed by atoms with Crippen molar-refractivity contribution in [3.05, 3.63) is 52.8 Å². The molecular weight excluding hydrogens is 346 g/mol. The van der Waals surface area contributed by atoms with Gasteiger partial charge in [0, 0.05) is 25.3 Å². The van der Waals surface area contributed by atoms with Gasteiger partial charge in [0.2, 0.25) is 0 Å².